The summed E-state index contributed by atoms with van der Waals surface area (Å²) < 4.78 is 2.50. The molecule has 340 valence electrons. The van der Waals surface area contributed by atoms with Gasteiger partial charge in [-0.3, -0.25) is 0 Å². The second-order valence-corrected chi connectivity index (χ2v) is 21.5. The minimum absolute atomic E-state index is 0.0438. The van der Waals surface area contributed by atoms with Gasteiger partial charge in [-0.1, -0.05) is 226 Å². The van der Waals surface area contributed by atoms with E-state index in [0.29, 0.717) is 0 Å². The molecule has 0 N–H and O–H groups in total. The molecule has 0 saturated carbocycles. The fraction of sp³-hybridized carbons (Fsp3) is 0.0588. The second-order valence-electron chi connectivity index (χ2n) is 20.5. The number of rotatable bonds is 6. The number of nitrogens with zero attached hydrogens (tertiary/aromatic N) is 2. The van der Waals surface area contributed by atoms with Gasteiger partial charge in [-0.15, -0.1) is 0 Å². The molecule has 0 saturated heterocycles. The van der Waals surface area contributed by atoms with E-state index in [2.05, 4.69) is 273 Å². The molecule has 0 amide bonds. The molecule has 2 aliphatic heterocycles. The molecule has 3 heterocycles. The number of para-hydroxylation sites is 2. The van der Waals surface area contributed by atoms with Crippen molar-refractivity contribution in [2.45, 2.75) is 36.0 Å². The summed E-state index contributed by atoms with van der Waals surface area (Å²) >= 11 is 1.94. The Bertz CT molecular complexity index is 4040. The number of hydrogen-bond donors (Lipinski definition) is 0. The van der Waals surface area contributed by atoms with E-state index < -0.39 is 0 Å². The maximum atomic E-state index is 2.61. The Kier molecular flexibility index (Phi) is 9.85. The van der Waals surface area contributed by atoms with Gasteiger partial charge in [0.25, 0.3) is 0 Å². The van der Waals surface area contributed by atoms with Crippen LogP contribution in [0.1, 0.15) is 26.3 Å². The van der Waals surface area contributed by atoms with Crippen LogP contribution in [-0.4, -0.2) is 11.3 Å². The van der Waals surface area contributed by atoms with Gasteiger partial charge in [0.1, 0.15) is 0 Å². The second kappa shape index (κ2) is 16.7. The van der Waals surface area contributed by atoms with Crippen molar-refractivity contribution in [3.63, 3.8) is 0 Å². The lowest BCUT2D eigenvalue weighted by Gasteiger charge is -2.42. The molecular formula is C68H49BN2S. The van der Waals surface area contributed by atoms with Gasteiger partial charge in [-0.25, -0.2) is 0 Å². The molecule has 0 aliphatic carbocycles. The van der Waals surface area contributed by atoms with Gasteiger partial charge in [0.2, 0.25) is 6.71 Å². The average Bonchev–Trinajstić information content (AvgIpc) is 3.77. The Balaban J connectivity index is 1.11. The van der Waals surface area contributed by atoms with Gasteiger partial charge in [-0.05, 0) is 126 Å². The SMILES string of the molecule is CC(C)(C)c1ccc(-c2cc3c4c(c2)N(c2cc5ccccc5cc2-c2ccccc2)c2ccc(-c5ccccc5)cc2B4c2cc(-n4c5ccccc5c5ccccc54)cc(-c4ccccc4)c2S3)cc1. The largest absolute Gasteiger partial charge is 0.311 e. The topological polar surface area (TPSA) is 8.17 Å². The highest BCUT2D eigenvalue weighted by Gasteiger charge is 2.43. The molecule has 0 spiro atoms. The first-order valence-corrected chi connectivity index (χ1v) is 25.9. The van der Waals surface area contributed by atoms with Crippen molar-refractivity contribution in [1.29, 1.82) is 0 Å². The van der Waals surface area contributed by atoms with Crippen molar-refractivity contribution in [2.24, 2.45) is 0 Å². The predicted octanol–water partition coefficient (Wildman–Crippen LogP) is 16.7. The third-order valence-electron chi connectivity index (χ3n) is 15.2. The van der Waals surface area contributed by atoms with Crippen LogP contribution in [0, 0.1) is 0 Å². The molecule has 4 heteroatoms. The van der Waals surface area contributed by atoms with E-state index in [0.717, 1.165) is 11.4 Å². The Morgan fingerprint density at radius 2 is 0.944 bits per heavy atom. The lowest BCUT2D eigenvalue weighted by molar-refractivity contribution is 0.590. The Morgan fingerprint density at radius 1 is 0.389 bits per heavy atom. The minimum Gasteiger partial charge on any atom is -0.311 e. The van der Waals surface area contributed by atoms with Gasteiger partial charge in [0.15, 0.2) is 0 Å². The number of fused-ring (bicyclic) bond motifs is 8. The average molecular weight is 937 g/mol. The summed E-state index contributed by atoms with van der Waals surface area (Å²) in [6, 6.07) is 90.9. The summed E-state index contributed by atoms with van der Waals surface area (Å²) in [5, 5.41) is 4.95. The molecule has 11 aromatic carbocycles. The number of aromatic nitrogens is 1. The van der Waals surface area contributed by atoms with Gasteiger partial charge in [0.05, 0.1) is 16.7 Å². The summed E-state index contributed by atoms with van der Waals surface area (Å²) in [5.74, 6) is 0. The molecule has 0 bridgehead atoms. The first-order chi connectivity index (χ1) is 35.3. The van der Waals surface area contributed by atoms with Crippen LogP contribution in [0.15, 0.2) is 252 Å². The van der Waals surface area contributed by atoms with Crippen LogP contribution in [0.5, 0.6) is 0 Å². The van der Waals surface area contributed by atoms with Crippen molar-refractivity contribution in [3.05, 3.63) is 248 Å². The van der Waals surface area contributed by atoms with Crippen molar-refractivity contribution in [2.75, 3.05) is 4.90 Å². The van der Waals surface area contributed by atoms with Crippen LogP contribution in [0.4, 0.5) is 17.1 Å². The molecule has 14 rings (SSSR count). The Labute approximate surface area is 426 Å². The van der Waals surface area contributed by atoms with E-state index in [1.54, 1.807) is 0 Å². The van der Waals surface area contributed by atoms with E-state index in [-0.39, 0.29) is 12.1 Å². The predicted molar refractivity (Wildman–Crippen MR) is 309 cm³/mol. The maximum absolute atomic E-state index is 2.61. The van der Waals surface area contributed by atoms with E-state index in [4.69, 9.17) is 0 Å². The highest BCUT2D eigenvalue weighted by Crippen LogP contribution is 2.50. The highest BCUT2D eigenvalue weighted by molar-refractivity contribution is 8.00. The standard InChI is InChI=1S/C68H49BN2S/c1-68(2,3)52-34-31-45(32-35-52)51-40-64-66-65(41-51)72-67-57(47-23-11-6-12-24-47)42-53(70-60-29-17-15-27-54(60)55-28-16-18-30-61(55)70)43-59(67)69(66)58-38-50(44-19-7-4-8-20-44)33-36-62(58)71(64)63-39-49-26-14-13-25-48(49)37-56(63)46-21-9-5-10-22-46/h4-43H,1-3H3. The lowest BCUT2D eigenvalue weighted by Crippen LogP contribution is -2.60. The first-order valence-electron chi connectivity index (χ1n) is 25.1. The first kappa shape index (κ1) is 42.6. The summed E-state index contributed by atoms with van der Waals surface area (Å²) in [6.45, 7) is 6.79. The van der Waals surface area contributed by atoms with Gasteiger partial charge < -0.3 is 9.47 Å². The van der Waals surface area contributed by atoms with Crippen LogP contribution in [0.2, 0.25) is 0 Å². The molecule has 0 unspecified atom stereocenters. The van der Waals surface area contributed by atoms with Crippen LogP contribution in [0.3, 0.4) is 0 Å². The molecular weight excluding hydrogens is 888 g/mol. The lowest BCUT2D eigenvalue weighted by atomic mass is 9.34. The zero-order valence-corrected chi connectivity index (χ0v) is 41.3. The van der Waals surface area contributed by atoms with E-state index >= 15 is 0 Å². The Hall–Kier alpha value is -8.31. The summed E-state index contributed by atoms with van der Waals surface area (Å²) in [4.78, 5) is 5.20. The summed E-state index contributed by atoms with van der Waals surface area (Å²) in [6.07, 6.45) is 0. The minimum atomic E-state index is -0.0883. The third kappa shape index (κ3) is 6.88. The van der Waals surface area contributed by atoms with Gasteiger partial charge >= 0.3 is 0 Å². The van der Waals surface area contributed by atoms with Crippen LogP contribution in [-0.2, 0) is 5.41 Å². The molecule has 2 nitrogen and oxygen atoms in total. The van der Waals surface area contributed by atoms with Crippen LogP contribution < -0.4 is 21.3 Å². The van der Waals surface area contributed by atoms with Gasteiger partial charge in [0, 0.05) is 43.2 Å². The van der Waals surface area contributed by atoms with Gasteiger partial charge in [-0.2, -0.15) is 0 Å². The van der Waals surface area contributed by atoms with Crippen LogP contribution >= 0.6 is 11.8 Å². The molecule has 2 aliphatic rings. The van der Waals surface area contributed by atoms with Crippen LogP contribution in [0.25, 0.3) is 82.8 Å². The fourth-order valence-electron chi connectivity index (χ4n) is 11.7. The van der Waals surface area contributed by atoms with E-state index in [1.807, 2.05) is 11.8 Å². The maximum Gasteiger partial charge on any atom is 0.249 e. The quantitative estimate of drug-likeness (QED) is 0.154. The van der Waals surface area contributed by atoms with Crippen molar-refractivity contribution < 1.29 is 0 Å². The van der Waals surface area contributed by atoms with E-state index in [9.17, 15) is 0 Å². The number of hydrogen-bond acceptors (Lipinski definition) is 2. The number of benzene rings is 11. The Morgan fingerprint density at radius 3 is 1.60 bits per heavy atom. The molecule has 0 atom stereocenters. The molecule has 72 heavy (non-hydrogen) atoms. The highest BCUT2D eigenvalue weighted by atomic mass is 32.2. The molecule has 12 aromatic rings. The van der Waals surface area contributed by atoms with Crippen molar-refractivity contribution in [3.8, 4) is 50.2 Å². The third-order valence-corrected chi connectivity index (χ3v) is 16.4. The smallest absolute Gasteiger partial charge is 0.249 e. The zero-order chi connectivity index (χ0) is 48.1. The van der Waals surface area contributed by atoms with E-state index in [1.165, 1.54) is 120 Å². The normalized spacial score (nSPS) is 12.8. The monoisotopic (exact) mass is 936 g/mol. The zero-order valence-electron chi connectivity index (χ0n) is 40.5. The number of anilines is 3. The summed E-state index contributed by atoms with van der Waals surface area (Å²) in [5.41, 5.74) is 22.1. The van der Waals surface area contributed by atoms with Crippen molar-refractivity contribution in [1.82, 2.24) is 4.57 Å². The summed E-state index contributed by atoms with van der Waals surface area (Å²) in [7, 11) is 0. The van der Waals surface area contributed by atoms with Crippen molar-refractivity contribution >= 4 is 84.5 Å². The molecule has 0 radical (unpaired) electrons. The molecule has 1 aromatic heterocycles. The fourth-order valence-corrected chi connectivity index (χ4v) is 13.0. The molecule has 0 fully saturated rings.